The Morgan fingerprint density at radius 1 is 0.831 bits per heavy atom. The lowest BCUT2D eigenvalue weighted by molar-refractivity contribution is -0.136. The maximum Gasteiger partial charge on any atom is 0.407 e. The number of rotatable bonds is 11. The highest BCUT2D eigenvalue weighted by Crippen LogP contribution is 2.44. The number of hydrogen-bond acceptors (Lipinski definition) is 10. The van der Waals surface area contributed by atoms with Crippen LogP contribution in [-0.2, 0) is 30.4 Å². The highest BCUT2D eigenvalue weighted by Gasteiger charge is 2.42. The van der Waals surface area contributed by atoms with Gasteiger partial charge in [-0.05, 0) is 76.6 Å². The number of amides is 4. The van der Waals surface area contributed by atoms with Gasteiger partial charge in [-0.15, -0.1) is 0 Å². The Morgan fingerprint density at radius 3 is 2.34 bits per heavy atom. The molecule has 2 fully saturated rings. The van der Waals surface area contributed by atoms with Crippen molar-refractivity contribution in [1.29, 1.82) is 0 Å². The second-order valence-electron chi connectivity index (χ2n) is 17.7. The summed E-state index contributed by atoms with van der Waals surface area (Å²) in [6.07, 6.45) is 1.85. The molecule has 65 heavy (non-hydrogen) atoms. The summed E-state index contributed by atoms with van der Waals surface area (Å²) in [5.41, 5.74) is 7.10. The molecule has 6 atom stereocenters. The van der Waals surface area contributed by atoms with Crippen molar-refractivity contribution >= 4 is 45.8 Å². The number of carbonyl (C=O) groups is 4. The maximum atomic E-state index is 14.4. The van der Waals surface area contributed by atoms with Crippen LogP contribution in [0.2, 0.25) is 0 Å². The van der Waals surface area contributed by atoms with Gasteiger partial charge in [-0.1, -0.05) is 69.3 Å². The molecule has 0 saturated carbocycles. The van der Waals surface area contributed by atoms with Crippen LogP contribution in [0.1, 0.15) is 74.5 Å². The average molecular weight is 883 g/mol. The Labute approximate surface area is 376 Å². The molecule has 4 N–H and O–H groups in total. The van der Waals surface area contributed by atoms with Crippen LogP contribution in [0.25, 0.3) is 44.2 Å². The number of likely N-dealkylation sites (tertiary alicyclic amines) is 2. The maximum absolute atomic E-state index is 14.4. The molecule has 0 radical (unpaired) electrons. The van der Waals surface area contributed by atoms with Gasteiger partial charge in [0.1, 0.15) is 36.1 Å². The molecular weight excluding hydrogens is 829 g/mol. The number of fused-ring (bicyclic) bond motifs is 6. The molecule has 1 unspecified atom stereocenters. The number of nitrogens with zero attached hydrogens (tertiary/aromatic N) is 4. The Bertz CT molecular complexity index is 2770. The first kappa shape index (κ1) is 43.3. The quantitative estimate of drug-likeness (QED) is 0.101. The van der Waals surface area contributed by atoms with Crippen LogP contribution in [0.3, 0.4) is 0 Å². The number of methoxy groups -OCH3 is 3. The van der Waals surface area contributed by atoms with Crippen LogP contribution in [0.4, 0.5) is 9.59 Å². The molecule has 3 aliphatic rings. The third kappa shape index (κ3) is 8.34. The summed E-state index contributed by atoms with van der Waals surface area (Å²) in [4.78, 5) is 73.4. The number of hydrogen-bond donors (Lipinski definition) is 4. The van der Waals surface area contributed by atoms with E-state index in [9.17, 15) is 19.2 Å². The molecule has 0 aliphatic carbocycles. The molecule has 6 aromatic rings. The van der Waals surface area contributed by atoms with Crippen LogP contribution in [0, 0.1) is 17.8 Å². The van der Waals surface area contributed by atoms with E-state index in [1.165, 1.54) is 14.2 Å². The van der Waals surface area contributed by atoms with E-state index in [2.05, 4.69) is 63.9 Å². The first-order valence-electron chi connectivity index (χ1n) is 22.1. The number of aromatic amines is 2. The van der Waals surface area contributed by atoms with Gasteiger partial charge in [-0.25, -0.2) is 19.6 Å². The third-order valence-electron chi connectivity index (χ3n) is 13.0. The van der Waals surface area contributed by atoms with Crippen LogP contribution in [-0.4, -0.2) is 101 Å². The summed E-state index contributed by atoms with van der Waals surface area (Å²) in [6.45, 7) is 7.75. The number of benzene rings is 4. The minimum atomic E-state index is -0.955. The molecule has 5 heterocycles. The molecule has 0 spiro atoms. The number of carbonyl (C=O) groups excluding carboxylic acids is 4. The molecule has 338 valence electrons. The summed E-state index contributed by atoms with van der Waals surface area (Å²) >= 11 is 0. The number of aromatic nitrogens is 4. The number of H-pyrrole nitrogens is 2. The minimum absolute atomic E-state index is 0.0581. The molecule has 2 saturated heterocycles. The summed E-state index contributed by atoms with van der Waals surface area (Å²) in [5, 5.41) is 7.41. The number of ether oxygens (including phenoxy) is 4. The Balaban J connectivity index is 0.981. The second kappa shape index (κ2) is 17.9. The van der Waals surface area contributed by atoms with Gasteiger partial charge in [0.25, 0.3) is 5.91 Å². The van der Waals surface area contributed by atoms with Crippen LogP contribution >= 0.6 is 0 Å². The van der Waals surface area contributed by atoms with E-state index in [1.54, 1.807) is 12.0 Å². The van der Waals surface area contributed by atoms with E-state index in [4.69, 9.17) is 28.9 Å². The van der Waals surface area contributed by atoms with E-state index < -0.39 is 30.3 Å². The lowest BCUT2D eigenvalue weighted by Crippen LogP contribution is -2.51. The van der Waals surface area contributed by atoms with E-state index in [0.717, 1.165) is 61.9 Å². The highest BCUT2D eigenvalue weighted by molar-refractivity contribution is 6.07. The first-order chi connectivity index (χ1) is 31.4. The van der Waals surface area contributed by atoms with Crippen molar-refractivity contribution in [3.8, 4) is 28.1 Å². The Kier molecular flexibility index (Phi) is 11.9. The molecule has 16 nitrogen and oxygen atoms in total. The molecule has 4 amide bonds. The van der Waals surface area contributed by atoms with E-state index in [-0.39, 0.29) is 35.6 Å². The number of alkyl carbamates (subject to hydrolysis) is 2. The molecule has 2 aromatic heterocycles. The van der Waals surface area contributed by atoms with Gasteiger partial charge >= 0.3 is 12.2 Å². The summed E-state index contributed by atoms with van der Waals surface area (Å²) < 4.78 is 21.7. The molecule has 0 bridgehead atoms. The zero-order chi connectivity index (χ0) is 45.5. The fraction of sp³-hybridized carbons (Fsp3) is 0.388. The zero-order valence-electron chi connectivity index (χ0n) is 37.3. The van der Waals surface area contributed by atoms with Crippen molar-refractivity contribution in [1.82, 2.24) is 40.4 Å². The average Bonchev–Trinajstić information content (AvgIpc) is 4.15. The summed E-state index contributed by atoms with van der Waals surface area (Å²) in [5.74, 6) is 1.87. The van der Waals surface area contributed by atoms with E-state index >= 15 is 0 Å². The molecule has 16 heteroatoms. The van der Waals surface area contributed by atoms with Crippen molar-refractivity contribution in [2.24, 2.45) is 17.8 Å². The predicted molar refractivity (Wildman–Crippen MR) is 243 cm³/mol. The van der Waals surface area contributed by atoms with E-state index in [1.807, 2.05) is 61.3 Å². The minimum Gasteiger partial charge on any atom is -0.488 e. The lowest BCUT2D eigenvalue weighted by atomic mass is 9.92. The van der Waals surface area contributed by atoms with Gasteiger partial charge in [0.2, 0.25) is 5.91 Å². The Hall–Kier alpha value is -6.94. The summed E-state index contributed by atoms with van der Waals surface area (Å²) in [7, 11) is 4.22. The second-order valence-corrected chi connectivity index (χ2v) is 17.7. The molecule has 4 aromatic carbocycles. The van der Waals surface area contributed by atoms with Crippen LogP contribution in [0.5, 0.6) is 5.75 Å². The highest BCUT2D eigenvalue weighted by atomic mass is 16.5. The van der Waals surface area contributed by atoms with Gasteiger partial charge < -0.3 is 49.3 Å². The fourth-order valence-electron chi connectivity index (χ4n) is 9.78. The van der Waals surface area contributed by atoms with Crippen LogP contribution < -0.4 is 15.4 Å². The smallest absolute Gasteiger partial charge is 0.407 e. The van der Waals surface area contributed by atoms with Gasteiger partial charge in [0.15, 0.2) is 0 Å². The Morgan fingerprint density at radius 2 is 1.58 bits per heavy atom. The van der Waals surface area contributed by atoms with Gasteiger partial charge in [-0.2, -0.15) is 0 Å². The van der Waals surface area contributed by atoms with Gasteiger partial charge in [0, 0.05) is 37.1 Å². The predicted octanol–water partition coefficient (Wildman–Crippen LogP) is 7.59. The van der Waals surface area contributed by atoms with Crippen molar-refractivity contribution in [3.63, 3.8) is 0 Å². The van der Waals surface area contributed by atoms with Crippen LogP contribution in [0.15, 0.2) is 79.0 Å². The van der Waals surface area contributed by atoms with Gasteiger partial charge in [-0.3, -0.25) is 9.59 Å². The lowest BCUT2D eigenvalue weighted by Gasteiger charge is -2.30. The number of nitrogens with one attached hydrogen (secondary N) is 4. The first-order valence-corrected chi connectivity index (χ1v) is 22.1. The van der Waals surface area contributed by atoms with E-state index in [0.29, 0.717) is 49.9 Å². The molecular formula is C49H54N8O8. The van der Waals surface area contributed by atoms with Crippen molar-refractivity contribution in [2.75, 3.05) is 41.0 Å². The van der Waals surface area contributed by atoms with Crippen molar-refractivity contribution < 1.29 is 38.1 Å². The normalized spacial score (nSPS) is 20.0. The zero-order valence-corrected chi connectivity index (χ0v) is 37.3. The summed E-state index contributed by atoms with van der Waals surface area (Å²) in [6, 6.07) is 21.4. The molecule has 3 aliphatic heterocycles. The fourth-order valence-corrected chi connectivity index (χ4v) is 9.78. The van der Waals surface area contributed by atoms with Crippen molar-refractivity contribution in [3.05, 3.63) is 102 Å². The monoisotopic (exact) mass is 882 g/mol. The topological polar surface area (TPSA) is 193 Å². The van der Waals surface area contributed by atoms with Gasteiger partial charge in [0.05, 0.1) is 55.8 Å². The largest absolute Gasteiger partial charge is 0.488 e. The van der Waals surface area contributed by atoms with Crippen molar-refractivity contribution in [2.45, 2.75) is 64.4 Å². The molecule has 9 rings (SSSR count). The standard InChI is InChI=1S/C49H54N8O8/c1-26(2)41(54-48(60)63-5)46(58)56-22-27(3)16-38(56)44-50-21-37(52-44)31-12-14-33-32(18-31)25-65-40-20-34-30(19-35(33)40)13-15-36-43(34)53-45(51-36)39-17-28(24-62-4)23-57(39)47(59)42(55-49(61)64-6)29-10-8-7-9-11-29/h7-15,18-21,26-28,38-39,41-42H,16-17,22-25H2,1-6H3,(H,50,52)(H,51,53)(H,54,60)(H,55,61)/t27-,28-,38?,39-,41-,42+/m0/s1. The SMILES string of the molecule is COC[C@H]1C[C@@H](c2nc3ccc4cc5c(cc4c3[nH]2)OCc2cc(-c3cnc(C4C[C@H](C)CN4C(=O)[C@@H](NC(=O)OC)C(C)C)[nH]3)ccc2-5)N(C(=O)[C@H](NC(=O)OC)c2ccccc2)C1. The third-order valence-corrected chi connectivity index (χ3v) is 13.0. The number of imidazole rings is 2.